The monoisotopic (exact) mass is 414 g/mol. The second-order valence-corrected chi connectivity index (χ2v) is 6.96. The van der Waals surface area contributed by atoms with Gasteiger partial charge in [0.1, 0.15) is 17.4 Å². The van der Waals surface area contributed by atoms with Gasteiger partial charge in [-0.05, 0) is 18.9 Å². The molecule has 0 aliphatic carbocycles. The van der Waals surface area contributed by atoms with E-state index in [0.717, 1.165) is 27.1 Å². The summed E-state index contributed by atoms with van der Waals surface area (Å²) in [4.78, 5) is 37.7. The van der Waals surface area contributed by atoms with Crippen LogP contribution in [0.5, 0.6) is 5.75 Å². The number of ether oxygens (including phenoxy) is 4. The minimum atomic E-state index is -1.46. The quantitative estimate of drug-likeness (QED) is 0.548. The number of fused-ring (bicyclic) bond motifs is 3. The van der Waals surface area contributed by atoms with Crippen LogP contribution in [0.1, 0.15) is 59.7 Å². The van der Waals surface area contributed by atoms with Crippen LogP contribution in [0.15, 0.2) is 23.6 Å². The van der Waals surface area contributed by atoms with Crippen molar-refractivity contribution in [2.24, 2.45) is 11.7 Å². The SMILES string of the molecule is CCCCC1OC(=O)c2c1ccc1c2C(C(C#N)C(=O)OC)C(C(=O)OC)=C(N)O1. The summed E-state index contributed by atoms with van der Waals surface area (Å²) in [5.74, 6) is -5.18. The van der Waals surface area contributed by atoms with Gasteiger partial charge in [0.05, 0.1) is 31.8 Å². The number of hydrogen-bond donors (Lipinski definition) is 1. The first-order chi connectivity index (χ1) is 14.4. The highest BCUT2D eigenvalue weighted by Crippen LogP contribution is 2.49. The predicted octanol–water partition coefficient (Wildman–Crippen LogP) is 2.22. The highest BCUT2D eigenvalue weighted by atomic mass is 16.6. The molecule has 158 valence electrons. The smallest absolute Gasteiger partial charge is 0.339 e. The van der Waals surface area contributed by atoms with Crippen molar-refractivity contribution in [3.05, 3.63) is 40.3 Å². The van der Waals surface area contributed by atoms with Crippen LogP contribution in [0, 0.1) is 17.2 Å². The fraction of sp³-hybridized carbons (Fsp3) is 0.429. The standard InChI is InChI=1S/C21H22N2O7/c1-4-5-6-12-10-7-8-13-16(15(10)21(26)30-12)14(11(9-22)19(24)27-2)17(18(23)29-13)20(25)28-3/h7-8,11-12,14H,4-6,23H2,1-3H3. The maximum absolute atomic E-state index is 12.8. The Labute approximate surface area is 173 Å². The number of unbranched alkanes of at least 4 members (excludes halogenated alkanes) is 1. The van der Waals surface area contributed by atoms with Crippen molar-refractivity contribution in [3.8, 4) is 11.8 Å². The molecule has 0 saturated carbocycles. The third-order valence-corrected chi connectivity index (χ3v) is 5.30. The van der Waals surface area contributed by atoms with E-state index in [1.54, 1.807) is 12.1 Å². The van der Waals surface area contributed by atoms with Gasteiger partial charge in [-0.3, -0.25) is 4.79 Å². The third-order valence-electron chi connectivity index (χ3n) is 5.30. The van der Waals surface area contributed by atoms with Crippen LogP contribution < -0.4 is 10.5 Å². The van der Waals surface area contributed by atoms with Crippen molar-refractivity contribution in [2.45, 2.75) is 38.2 Å². The van der Waals surface area contributed by atoms with E-state index in [1.807, 2.05) is 13.0 Å². The van der Waals surface area contributed by atoms with Crippen LogP contribution in [0.3, 0.4) is 0 Å². The van der Waals surface area contributed by atoms with Gasteiger partial charge < -0.3 is 24.7 Å². The molecule has 9 heteroatoms. The van der Waals surface area contributed by atoms with E-state index >= 15 is 0 Å². The number of esters is 3. The van der Waals surface area contributed by atoms with Crippen molar-refractivity contribution >= 4 is 17.9 Å². The molecule has 3 atom stereocenters. The fourth-order valence-corrected chi connectivity index (χ4v) is 3.90. The predicted molar refractivity (Wildman–Crippen MR) is 102 cm³/mol. The number of carbonyl (C=O) groups is 3. The molecule has 2 aliphatic heterocycles. The molecule has 3 rings (SSSR count). The van der Waals surface area contributed by atoms with Gasteiger partial charge in [-0.25, -0.2) is 9.59 Å². The zero-order valence-corrected chi connectivity index (χ0v) is 16.9. The van der Waals surface area contributed by atoms with E-state index in [9.17, 15) is 19.6 Å². The molecular weight excluding hydrogens is 392 g/mol. The Hall–Kier alpha value is -3.54. The second kappa shape index (κ2) is 8.45. The maximum atomic E-state index is 12.8. The van der Waals surface area contributed by atoms with Gasteiger partial charge in [0.2, 0.25) is 5.88 Å². The molecule has 0 aromatic heterocycles. The van der Waals surface area contributed by atoms with Crippen molar-refractivity contribution in [1.82, 2.24) is 0 Å². The Kier molecular flexibility index (Phi) is 5.96. The summed E-state index contributed by atoms with van der Waals surface area (Å²) in [5.41, 5.74) is 6.72. The van der Waals surface area contributed by atoms with E-state index < -0.39 is 35.8 Å². The summed E-state index contributed by atoms with van der Waals surface area (Å²) < 4.78 is 20.7. The summed E-state index contributed by atoms with van der Waals surface area (Å²) in [6.07, 6.45) is 1.93. The van der Waals surface area contributed by atoms with Crippen LogP contribution in [-0.2, 0) is 23.8 Å². The lowest BCUT2D eigenvalue weighted by Gasteiger charge is -2.30. The van der Waals surface area contributed by atoms with Crippen LogP contribution in [-0.4, -0.2) is 32.1 Å². The molecule has 2 N–H and O–H groups in total. The first kappa shape index (κ1) is 21.2. The molecule has 30 heavy (non-hydrogen) atoms. The van der Waals surface area contributed by atoms with Gasteiger partial charge in [0.25, 0.3) is 0 Å². The molecule has 9 nitrogen and oxygen atoms in total. The average Bonchev–Trinajstić information content (AvgIpc) is 3.07. The van der Waals surface area contributed by atoms with Gasteiger partial charge in [-0.2, -0.15) is 5.26 Å². The largest absolute Gasteiger partial charge is 0.468 e. The van der Waals surface area contributed by atoms with E-state index in [-0.39, 0.29) is 28.3 Å². The molecule has 0 radical (unpaired) electrons. The Balaban J connectivity index is 2.25. The van der Waals surface area contributed by atoms with Gasteiger partial charge in [0, 0.05) is 11.1 Å². The molecule has 3 unspecified atom stereocenters. The lowest BCUT2D eigenvalue weighted by atomic mass is 9.76. The summed E-state index contributed by atoms with van der Waals surface area (Å²) in [6, 6.07) is 5.16. The van der Waals surface area contributed by atoms with Crippen LogP contribution >= 0.6 is 0 Å². The Morgan fingerprint density at radius 1 is 1.30 bits per heavy atom. The highest BCUT2D eigenvalue weighted by Gasteiger charge is 2.47. The molecule has 0 amide bonds. The van der Waals surface area contributed by atoms with E-state index in [1.165, 1.54) is 0 Å². The minimum absolute atomic E-state index is 0.168. The molecular formula is C21H22N2O7. The zero-order chi connectivity index (χ0) is 22.0. The summed E-state index contributed by atoms with van der Waals surface area (Å²) in [6.45, 7) is 2.03. The number of nitrogens with two attached hydrogens (primary N) is 1. The molecule has 1 aromatic rings. The number of cyclic esters (lactones) is 1. The van der Waals surface area contributed by atoms with Crippen molar-refractivity contribution in [1.29, 1.82) is 5.26 Å². The van der Waals surface area contributed by atoms with Crippen molar-refractivity contribution < 1.29 is 33.3 Å². The topological polar surface area (TPSA) is 138 Å². The second-order valence-electron chi connectivity index (χ2n) is 6.96. The van der Waals surface area contributed by atoms with Gasteiger partial charge >= 0.3 is 17.9 Å². The average molecular weight is 414 g/mol. The van der Waals surface area contributed by atoms with Crippen LogP contribution in [0.4, 0.5) is 0 Å². The van der Waals surface area contributed by atoms with Gasteiger partial charge in [-0.1, -0.05) is 19.4 Å². The number of nitriles is 1. The van der Waals surface area contributed by atoms with Crippen LogP contribution in [0.2, 0.25) is 0 Å². The summed E-state index contributed by atoms with van der Waals surface area (Å²) in [5, 5.41) is 9.72. The fourth-order valence-electron chi connectivity index (χ4n) is 3.90. The minimum Gasteiger partial charge on any atom is -0.468 e. The number of hydrogen-bond acceptors (Lipinski definition) is 9. The summed E-state index contributed by atoms with van der Waals surface area (Å²) in [7, 11) is 2.27. The first-order valence-electron chi connectivity index (χ1n) is 9.50. The number of nitrogens with zero attached hydrogens (tertiary/aromatic N) is 1. The molecule has 0 bridgehead atoms. The van der Waals surface area contributed by atoms with E-state index in [4.69, 9.17) is 24.7 Å². The summed E-state index contributed by atoms with van der Waals surface area (Å²) >= 11 is 0. The third kappa shape index (κ3) is 3.34. The zero-order valence-electron chi connectivity index (χ0n) is 16.9. The molecule has 0 saturated heterocycles. The van der Waals surface area contributed by atoms with E-state index in [0.29, 0.717) is 12.0 Å². The lowest BCUT2D eigenvalue weighted by molar-refractivity contribution is -0.144. The molecule has 0 fully saturated rings. The molecule has 1 aromatic carbocycles. The van der Waals surface area contributed by atoms with E-state index in [2.05, 4.69) is 0 Å². The van der Waals surface area contributed by atoms with Crippen molar-refractivity contribution in [3.63, 3.8) is 0 Å². The highest BCUT2D eigenvalue weighted by molar-refractivity contribution is 6.00. The Morgan fingerprint density at radius 3 is 2.63 bits per heavy atom. The normalized spacial score (nSPS) is 20.3. The maximum Gasteiger partial charge on any atom is 0.339 e. The van der Waals surface area contributed by atoms with Crippen LogP contribution in [0.25, 0.3) is 0 Å². The number of methoxy groups -OCH3 is 2. The van der Waals surface area contributed by atoms with Gasteiger partial charge in [-0.15, -0.1) is 0 Å². The molecule has 2 heterocycles. The van der Waals surface area contributed by atoms with Crippen molar-refractivity contribution in [2.75, 3.05) is 14.2 Å². The van der Waals surface area contributed by atoms with Gasteiger partial charge in [0.15, 0.2) is 5.92 Å². The Bertz CT molecular complexity index is 976. The Morgan fingerprint density at radius 2 is 2.03 bits per heavy atom. The molecule has 0 spiro atoms. The number of rotatable bonds is 6. The number of carbonyl (C=O) groups excluding carboxylic acids is 3. The lowest BCUT2D eigenvalue weighted by Crippen LogP contribution is -2.34. The number of benzene rings is 1. The first-order valence-corrected chi connectivity index (χ1v) is 9.50. The molecule has 2 aliphatic rings.